The molecule has 0 aliphatic heterocycles. The minimum absolute atomic E-state index is 0.181. The zero-order valence-electron chi connectivity index (χ0n) is 17.5. The van der Waals surface area contributed by atoms with Gasteiger partial charge in [-0.1, -0.05) is 26.2 Å². The molecule has 0 aliphatic rings. The molecule has 0 unspecified atom stereocenters. The molecule has 0 fully saturated rings. The fourth-order valence-corrected chi connectivity index (χ4v) is 3.24. The van der Waals surface area contributed by atoms with Crippen molar-refractivity contribution < 1.29 is 19.1 Å². The van der Waals surface area contributed by atoms with Crippen LogP contribution in [0.2, 0.25) is 0 Å². The molecule has 0 atom stereocenters. The summed E-state index contributed by atoms with van der Waals surface area (Å²) in [7, 11) is 1.58. The number of hydrogen-bond donors (Lipinski definition) is 2. The van der Waals surface area contributed by atoms with E-state index in [1.807, 2.05) is 0 Å². The predicted octanol–water partition coefficient (Wildman–Crippen LogP) is 5.04. The molecule has 0 saturated carbocycles. The number of halogens is 1. The lowest BCUT2D eigenvalue weighted by Crippen LogP contribution is -2.26. The van der Waals surface area contributed by atoms with Gasteiger partial charge in [0.15, 0.2) is 0 Å². The number of nitrogens with one attached hydrogen (secondary N) is 2. The van der Waals surface area contributed by atoms with Crippen LogP contribution < -0.4 is 15.4 Å². The van der Waals surface area contributed by atoms with Crippen LogP contribution >= 0.6 is 15.9 Å². The van der Waals surface area contributed by atoms with Crippen LogP contribution in [0.4, 0.5) is 5.69 Å². The third-order valence-corrected chi connectivity index (χ3v) is 5.07. The van der Waals surface area contributed by atoms with Crippen molar-refractivity contribution in [3.05, 3.63) is 58.1 Å². The summed E-state index contributed by atoms with van der Waals surface area (Å²) in [5, 5.41) is 5.59. The average Bonchev–Trinajstić information content (AvgIpc) is 2.75. The van der Waals surface area contributed by atoms with E-state index in [9.17, 15) is 9.59 Å². The number of unbranched alkanes of at least 4 members (excludes halogenated alkanes) is 3. The van der Waals surface area contributed by atoms with Crippen molar-refractivity contribution in [2.24, 2.45) is 0 Å². The second-order valence-corrected chi connectivity index (χ2v) is 7.69. The zero-order valence-corrected chi connectivity index (χ0v) is 19.1. The van der Waals surface area contributed by atoms with Crippen molar-refractivity contribution in [2.75, 3.05) is 32.2 Å². The van der Waals surface area contributed by atoms with Gasteiger partial charge in [-0.3, -0.25) is 9.59 Å². The Morgan fingerprint density at radius 3 is 2.33 bits per heavy atom. The summed E-state index contributed by atoms with van der Waals surface area (Å²) in [5.41, 5.74) is 1.65. The summed E-state index contributed by atoms with van der Waals surface area (Å²) in [6.07, 6.45) is 4.58. The lowest BCUT2D eigenvalue weighted by Gasteiger charge is -2.11. The molecule has 0 aliphatic carbocycles. The van der Waals surface area contributed by atoms with Gasteiger partial charge in [0.2, 0.25) is 0 Å². The first-order valence-electron chi connectivity index (χ1n) is 10.2. The Hall–Kier alpha value is -2.38. The number of anilines is 1. The zero-order chi connectivity index (χ0) is 21.8. The summed E-state index contributed by atoms with van der Waals surface area (Å²) >= 11 is 3.48. The first kappa shape index (κ1) is 23.9. The SMILES string of the molecule is CCCCCCOc1ccc(C(=O)Nc2ccc(C(=O)NCCOC)cc2)cc1Br. The van der Waals surface area contributed by atoms with Crippen LogP contribution in [0, 0.1) is 0 Å². The van der Waals surface area contributed by atoms with Crippen LogP contribution in [-0.2, 0) is 4.74 Å². The van der Waals surface area contributed by atoms with E-state index in [1.165, 1.54) is 12.8 Å². The maximum absolute atomic E-state index is 12.5. The third-order valence-electron chi connectivity index (χ3n) is 4.45. The minimum atomic E-state index is -0.234. The standard InChI is InChI=1S/C23H29BrN2O4/c1-3-4-5-6-14-30-21-12-9-18(16-20(21)24)23(28)26-19-10-7-17(8-11-19)22(27)25-13-15-29-2/h7-12,16H,3-6,13-15H2,1-2H3,(H,25,27)(H,26,28). The summed E-state index contributed by atoms with van der Waals surface area (Å²) < 4.78 is 11.4. The topological polar surface area (TPSA) is 76.7 Å². The van der Waals surface area contributed by atoms with Gasteiger partial charge in [0.1, 0.15) is 5.75 Å². The van der Waals surface area contributed by atoms with E-state index in [-0.39, 0.29) is 11.8 Å². The molecule has 2 N–H and O–H groups in total. The number of amides is 2. The van der Waals surface area contributed by atoms with Crippen molar-refractivity contribution in [1.29, 1.82) is 0 Å². The number of carbonyl (C=O) groups is 2. The predicted molar refractivity (Wildman–Crippen MR) is 122 cm³/mol. The van der Waals surface area contributed by atoms with E-state index in [2.05, 4.69) is 33.5 Å². The maximum Gasteiger partial charge on any atom is 0.255 e. The van der Waals surface area contributed by atoms with Crippen LogP contribution in [0.15, 0.2) is 46.9 Å². The quantitative estimate of drug-likeness (QED) is 0.420. The molecule has 2 aromatic carbocycles. The number of ether oxygens (including phenoxy) is 2. The van der Waals surface area contributed by atoms with E-state index in [1.54, 1.807) is 49.6 Å². The molecular weight excluding hydrogens is 448 g/mol. The second-order valence-electron chi connectivity index (χ2n) is 6.83. The molecule has 162 valence electrons. The van der Waals surface area contributed by atoms with Gasteiger partial charge in [-0.25, -0.2) is 0 Å². The molecule has 0 heterocycles. The Bertz CT molecular complexity index is 824. The van der Waals surface area contributed by atoms with Crippen molar-refractivity contribution in [1.82, 2.24) is 5.32 Å². The fourth-order valence-electron chi connectivity index (χ4n) is 2.75. The number of carbonyl (C=O) groups excluding carboxylic acids is 2. The highest BCUT2D eigenvalue weighted by Crippen LogP contribution is 2.27. The number of hydrogen-bond acceptors (Lipinski definition) is 4. The lowest BCUT2D eigenvalue weighted by molar-refractivity contribution is 0.0936. The monoisotopic (exact) mass is 476 g/mol. The van der Waals surface area contributed by atoms with Gasteiger partial charge in [0.25, 0.3) is 11.8 Å². The number of methoxy groups -OCH3 is 1. The summed E-state index contributed by atoms with van der Waals surface area (Å²) in [6.45, 7) is 3.74. The molecule has 0 radical (unpaired) electrons. The highest BCUT2D eigenvalue weighted by molar-refractivity contribution is 9.10. The molecule has 7 heteroatoms. The highest BCUT2D eigenvalue weighted by Gasteiger charge is 2.11. The minimum Gasteiger partial charge on any atom is -0.492 e. The lowest BCUT2D eigenvalue weighted by atomic mass is 10.1. The molecular formula is C23H29BrN2O4. The average molecular weight is 477 g/mol. The van der Waals surface area contributed by atoms with Gasteiger partial charge in [-0.05, 0) is 64.8 Å². The fraction of sp³-hybridized carbons (Fsp3) is 0.391. The molecule has 6 nitrogen and oxygen atoms in total. The first-order valence-corrected chi connectivity index (χ1v) is 11.0. The van der Waals surface area contributed by atoms with Crippen LogP contribution in [-0.4, -0.2) is 38.7 Å². The molecule has 0 bridgehead atoms. The van der Waals surface area contributed by atoms with E-state index < -0.39 is 0 Å². The second kappa shape index (κ2) is 13.0. The molecule has 2 rings (SSSR count). The largest absolute Gasteiger partial charge is 0.492 e. The van der Waals surface area contributed by atoms with Crippen LogP contribution in [0.1, 0.15) is 53.3 Å². The Balaban J connectivity index is 1.89. The van der Waals surface area contributed by atoms with Gasteiger partial charge in [-0.15, -0.1) is 0 Å². The first-order chi connectivity index (χ1) is 14.5. The number of benzene rings is 2. The molecule has 30 heavy (non-hydrogen) atoms. The Morgan fingerprint density at radius 2 is 1.67 bits per heavy atom. The van der Waals surface area contributed by atoms with Gasteiger partial charge >= 0.3 is 0 Å². The van der Waals surface area contributed by atoms with Crippen LogP contribution in [0.3, 0.4) is 0 Å². The van der Waals surface area contributed by atoms with E-state index in [4.69, 9.17) is 9.47 Å². The normalized spacial score (nSPS) is 10.5. The Kier molecular flexibility index (Phi) is 10.4. The summed E-state index contributed by atoms with van der Waals surface area (Å²) in [5.74, 6) is 0.313. The van der Waals surface area contributed by atoms with E-state index in [0.717, 1.165) is 23.1 Å². The summed E-state index contributed by atoms with van der Waals surface area (Å²) in [6, 6.07) is 12.0. The molecule has 0 spiro atoms. The van der Waals surface area contributed by atoms with Crippen molar-refractivity contribution in [3.63, 3.8) is 0 Å². The van der Waals surface area contributed by atoms with Gasteiger partial charge < -0.3 is 20.1 Å². The third kappa shape index (κ3) is 7.80. The van der Waals surface area contributed by atoms with Crippen LogP contribution in [0.25, 0.3) is 0 Å². The molecule has 0 saturated heterocycles. The van der Waals surface area contributed by atoms with Gasteiger partial charge in [0, 0.05) is 30.5 Å². The Morgan fingerprint density at radius 1 is 0.933 bits per heavy atom. The smallest absolute Gasteiger partial charge is 0.255 e. The molecule has 2 amide bonds. The highest BCUT2D eigenvalue weighted by atomic mass is 79.9. The van der Waals surface area contributed by atoms with Crippen molar-refractivity contribution in [2.45, 2.75) is 32.6 Å². The van der Waals surface area contributed by atoms with Crippen molar-refractivity contribution in [3.8, 4) is 5.75 Å². The summed E-state index contributed by atoms with van der Waals surface area (Å²) in [4.78, 5) is 24.5. The van der Waals surface area contributed by atoms with E-state index in [0.29, 0.717) is 36.6 Å². The van der Waals surface area contributed by atoms with E-state index >= 15 is 0 Å². The molecule has 0 aromatic heterocycles. The Labute approximate surface area is 186 Å². The van der Waals surface area contributed by atoms with Gasteiger partial charge in [0.05, 0.1) is 17.7 Å². The van der Waals surface area contributed by atoms with Crippen molar-refractivity contribution >= 4 is 33.4 Å². The molecule has 2 aromatic rings. The van der Waals surface area contributed by atoms with Crippen LogP contribution in [0.5, 0.6) is 5.75 Å². The maximum atomic E-state index is 12.5. The number of rotatable bonds is 12. The van der Waals surface area contributed by atoms with Gasteiger partial charge in [-0.2, -0.15) is 0 Å².